The number of fused-ring (bicyclic) bond motifs is 3. The molecule has 2 N–H and O–H groups in total. The lowest BCUT2D eigenvalue weighted by molar-refractivity contribution is -0.157. The minimum Gasteiger partial charge on any atom is -0.394 e. The lowest BCUT2D eigenvalue weighted by Crippen LogP contribution is -2.72. The number of nitrogens with zero attached hydrogens (tertiary/aromatic N) is 2. The lowest BCUT2D eigenvalue weighted by Gasteiger charge is -2.59. The molecule has 0 spiro atoms. The smallest absolute Gasteiger partial charge is 0.321 e. The van der Waals surface area contributed by atoms with Gasteiger partial charge in [0.1, 0.15) is 0 Å². The van der Waals surface area contributed by atoms with Crippen molar-refractivity contribution >= 4 is 17.6 Å². The SMILES string of the molecule is CCCNC(=O)N1C[C@H]2[C@@H](c3ccccc31)[C@H](CO)N2C(=O)C1CCOCC1. The number of benzene rings is 1. The number of para-hydroxylation sites is 1. The average molecular weight is 387 g/mol. The van der Waals surface area contributed by atoms with Gasteiger partial charge in [-0.15, -0.1) is 0 Å². The molecule has 4 rings (SSSR count). The maximum atomic E-state index is 13.2. The summed E-state index contributed by atoms with van der Waals surface area (Å²) in [6.07, 6.45) is 2.32. The van der Waals surface area contributed by atoms with Crippen molar-refractivity contribution in [3.8, 4) is 0 Å². The van der Waals surface area contributed by atoms with Crippen LogP contribution in [0.5, 0.6) is 0 Å². The molecule has 3 amide bonds. The highest BCUT2D eigenvalue weighted by Crippen LogP contribution is 2.48. The highest BCUT2D eigenvalue weighted by atomic mass is 16.5. The Bertz CT molecular complexity index is 734. The van der Waals surface area contributed by atoms with Gasteiger partial charge >= 0.3 is 6.03 Å². The summed E-state index contributed by atoms with van der Waals surface area (Å²) in [5, 5.41) is 13.0. The molecule has 7 nitrogen and oxygen atoms in total. The van der Waals surface area contributed by atoms with Gasteiger partial charge in [-0.3, -0.25) is 9.69 Å². The second-order valence-electron chi connectivity index (χ2n) is 7.88. The largest absolute Gasteiger partial charge is 0.394 e. The molecule has 7 heteroatoms. The van der Waals surface area contributed by atoms with Gasteiger partial charge in [0.05, 0.1) is 18.7 Å². The Morgan fingerprint density at radius 3 is 2.71 bits per heavy atom. The third kappa shape index (κ3) is 3.16. The van der Waals surface area contributed by atoms with Gasteiger partial charge < -0.3 is 20.1 Å². The number of carbonyl (C=O) groups is 2. The molecule has 28 heavy (non-hydrogen) atoms. The fourth-order valence-corrected chi connectivity index (χ4v) is 4.87. The summed E-state index contributed by atoms with van der Waals surface area (Å²) in [5.41, 5.74) is 1.93. The van der Waals surface area contributed by atoms with E-state index in [1.165, 1.54) is 0 Å². The monoisotopic (exact) mass is 387 g/mol. The first-order chi connectivity index (χ1) is 13.7. The molecule has 2 saturated heterocycles. The highest BCUT2D eigenvalue weighted by Gasteiger charge is 2.56. The van der Waals surface area contributed by atoms with E-state index in [1.54, 1.807) is 4.90 Å². The van der Waals surface area contributed by atoms with Crippen molar-refractivity contribution in [1.29, 1.82) is 0 Å². The number of nitrogens with one attached hydrogen (secondary N) is 1. The maximum absolute atomic E-state index is 13.2. The summed E-state index contributed by atoms with van der Waals surface area (Å²) in [7, 11) is 0. The fourth-order valence-electron chi connectivity index (χ4n) is 4.87. The summed E-state index contributed by atoms with van der Waals surface area (Å²) in [6, 6.07) is 7.42. The molecule has 0 unspecified atom stereocenters. The number of urea groups is 1. The fraction of sp³-hybridized carbons (Fsp3) is 0.619. The van der Waals surface area contributed by atoms with Gasteiger partial charge in [0, 0.05) is 43.8 Å². The van der Waals surface area contributed by atoms with Crippen molar-refractivity contribution in [2.45, 2.75) is 44.2 Å². The van der Waals surface area contributed by atoms with Crippen LogP contribution in [0.15, 0.2) is 24.3 Å². The Labute approximate surface area is 165 Å². The van der Waals surface area contributed by atoms with Gasteiger partial charge in [-0.05, 0) is 30.9 Å². The molecular weight excluding hydrogens is 358 g/mol. The maximum Gasteiger partial charge on any atom is 0.321 e. The standard InChI is InChI=1S/C21H29N3O4/c1-2-9-22-21(27)23-12-17-19(15-5-3-4-6-16(15)23)18(13-25)24(17)20(26)14-7-10-28-11-8-14/h3-6,14,17-19,25H,2,7-13H2,1H3,(H,22,27)/t17-,18-,19+/m0/s1. The average Bonchev–Trinajstić information content (AvgIpc) is 2.73. The first-order valence-corrected chi connectivity index (χ1v) is 10.3. The van der Waals surface area contributed by atoms with Crippen LogP contribution in [-0.4, -0.2) is 66.9 Å². The number of rotatable bonds is 4. The summed E-state index contributed by atoms with van der Waals surface area (Å²) < 4.78 is 5.39. The quantitative estimate of drug-likeness (QED) is 0.824. The van der Waals surface area contributed by atoms with Crippen LogP contribution in [-0.2, 0) is 9.53 Å². The molecule has 3 atom stereocenters. The van der Waals surface area contributed by atoms with Crippen LogP contribution in [0.2, 0.25) is 0 Å². The lowest BCUT2D eigenvalue weighted by atomic mass is 9.71. The Kier molecular flexibility index (Phi) is 5.55. The van der Waals surface area contributed by atoms with Crippen LogP contribution in [0.4, 0.5) is 10.5 Å². The van der Waals surface area contributed by atoms with Crippen LogP contribution in [0, 0.1) is 5.92 Å². The Hall–Kier alpha value is -2.12. The van der Waals surface area contributed by atoms with Gasteiger partial charge in [-0.2, -0.15) is 0 Å². The summed E-state index contributed by atoms with van der Waals surface area (Å²) >= 11 is 0. The number of likely N-dealkylation sites (tertiary alicyclic amines) is 1. The molecular formula is C21H29N3O4. The van der Waals surface area contributed by atoms with Crippen LogP contribution >= 0.6 is 0 Å². The third-order valence-corrected chi connectivity index (χ3v) is 6.28. The first kappa shape index (κ1) is 19.2. The number of anilines is 1. The molecule has 3 aliphatic rings. The van der Waals surface area contributed by atoms with Crippen LogP contribution in [0.3, 0.4) is 0 Å². The van der Waals surface area contributed by atoms with Gasteiger partial charge in [0.15, 0.2) is 0 Å². The van der Waals surface area contributed by atoms with E-state index < -0.39 is 0 Å². The van der Waals surface area contributed by atoms with Gasteiger partial charge in [0.2, 0.25) is 5.91 Å². The van der Waals surface area contributed by atoms with Crippen molar-refractivity contribution in [2.75, 3.05) is 37.8 Å². The number of aliphatic hydroxyl groups excluding tert-OH is 1. The summed E-state index contributed by atoms with van der Waals surface area (Å²) in [6.45, 7) is 4.25. The molecule has 0 aliphatic carbocycles. The normalized spacial score (nSPS) is 26.9. The second-order valence-corrected chi connectivity index (χ2v) is 7.88. The van der Waals surface area contributed by atoms with E-state index in [0.717, 1.165) is 30.5 Å². The minimum atomic E-state index is -0.220. The number of aliphatic hydroxyl groups is 1. The van der Waals surface area contributed by atoms with E-state index >= 15 is 0 Å². The predicted octanol–water partition coefficient (Wildman–Crippen LogP) is 1.71. The molecule has 0 aromatic heterocycles. The topological polar surface area (TPSA) is 82.1 Å². The van der Waals surface area contributed by atoms with E-state index in [2.05, 4.69) is 5.32 Å². The summed E-state index contributed by atoms with van der Waals surface area (Å²) in [5.74, 6) is 0.111. The Morgan fingerprint density at radius 1 is 1.25 bits per heavy atom. The Morgan fingerprint density at radius 2 is 2.00 bits per heavy atom. The van der Waals surface area contributed by atoms with E-state index in [4.69, 9.17) is 4.74 Å². The molecule has 1 aromatic rings. The zero-order chi connectivity index (χ0) is 19.7. The second kappa shape index (κ2) is 8.09. The van der Waals surface area contributed by atoms with E-state index in [1.807, 2.05) is 36.1 Å². The molecule has 0 bridgehead atoms. The summed E-state index contributed by atoms with van der Waals surface area (Å²) in [4.78, 5) is 29.6. The van der Waals surface area contributed by atoms with Crippen molar-refractivity contribution < 1.29 is 19.4 Å². The van der Waals surface area contributed by atoms with Crippen molar-refractivity contribution in [2.24, 2.45) is 5.92 Å². The number of amides is 3. The number of hydrogen-bond donors (Lipinski definition) is 2. The van der Waals surface area contributed by atoms with E-state index in [0.29, 0.717) is 26.3 Å². The van der Waals surface area contributed by atoms with Gasteiger partial charge in [-0.25, -0.2) is 4.79 Å². The predicted molar refractivity (Wildman–Crippen MR) is 105 cm³/mol. The van der Waals surface area contributed by atoms with E-state index in [-0.39, 0.29) is 42.5 Å². The van der Waals surface area contributed by atoms with Gasteiger partial charge in [0.25, 0.3) is 0 Å². The molecule has 2 fully saturated rings. The van der Waals surface area contributed by atoms with Crippen molar-refractivity contribution in [1.82, 2.24) is 10.2 Å². The Balaban J connectivity index is 1.61. The zero-order valence-corrected chi connectivity index (χ0v) is 16.3. The zero-order valence-electron chi connectivity index (χ0n) is 16.3. The number of carbonyl (C=O) groups excluding carboxylic acids is 2. The molecule has 152 valence electrons. The molecule has 0 radical (unpaired) electrons. The van der Waals surface area contributed by atoms with Crippen LogP contribution < -0.4 is 10.2 Å². The molecule has 3 heterocycles. The minimum absolute atomic E-state index is 0.0525. The van der Waals surface area contributed by atoms with Crippen LogP contribution in [0.1, 0.15) is 37.7 Å². The third-order valence-electron chi connectivity index (χ3n) is 6.28. The highest BCUT2D eigenvalue weighted by molar-refractivity contribution is 5.94. The van der Waals surface area contributed by atoms with Crippen molar-refractivity contribution in [3.05, 3.63) is 29.8 Å². The van der Waals surface area contributed by atoms with Gasteiger partial charge in [-0.1, -0.05) is 25.1 Å². The molecule has 3 aliphatic heterocycles. The number of hydrogen-bond acceptors (Lipinski definition) is 4. The molecule has 0 saturated carbocycles. The van der Waals surface area contributed by atoms with E-state index in [9.17, 15) is 14.7 Å². The van der Waals surface area contributed by atoms with Crippen molar-refractivity contribution in [3.63, 3.8) is 0 Å². The first-order valence-electron chi connectivity index (χ1n) is 10.3. The molecule has 1 aromatic carbocycles. The van der Waals surface area contributed by atoms with Crippen LogP contribution in [0.25, 0.3) is 0 Å². The number of ether oxygens (including phenoxy) is 1.